The first kappa shape index (κ1) is 17.8. The maximum atomic E-state index is 13.0. The minimum Gasteiger partial charge on any atom is -0.344 e. The Hall–Kier alpha value is -2.96. The molecule has 0 aliphatic carbocycles. The molecule has 136 valence electrons. The van der Waals surface area contributed by atoms with Crippen molar-refractivity contribution in [3.05, 3.63) is 48.2 Å². The van der Waals surface area contributed by atoms with Gasteiger partial charge in [0.15, 0.2) is 11.6 Å². The van der Waals surface area contributed by atoms with Gasteiger partial charge in [0.2, 0.25) is 12.3 Å². The molecule has 0 N–H and O–H groups in total. The van der Waals surface area contributed by atoms with Gasteiger partial charge in [-0.1, -0.05) is 30.3 Å². The summed E-state index contributed by atoms with van der Waals surface area (Å²) in [4.78, 5) is 30.7. The van der Waals surface area contributed by atoms with Gasteiger partial charge < -0.3 is 14.0 Å². The van der Waals surface area contributed by atoms with Gasteiger partial charge in [0.25, 0.3) is 0 Å². The third-order valence-corrected chi connectivity index (χ3v) is 4.58. The molecule has 26 heavy (non-hydrogen) atoms. The summed E-state index contributed by atoms with van der Waals surface area (Å²) in [5.41, 5.74) is 1.53. The van der Waals surface area contributed by atoms with E-state index in [1.165, 1.54) is 6.39 Å². The van der Waals surface area contributed by atoms with Crippen LogP contribution in [-0.4, -0.2) is 44.9 Å². The molecule has 1 aromatic carbocycles. The summed E-state index contributed by atoms with van der Waals surface area (Å²) in [5.74, 6) is 0.558. The van der Waals surface area contributed by atoms with Crippen molar-refractivity contribution in [3.63, 3.8) is 0 Å². The van der Waals surface area contributed by atoms with Gasteiger partial charge in [-0.05, 0) is 19.4 Å². The molecule has 0 spiro atoms. The summed E-state index contributed by atoms with van der Waals surface area (Å²) in [5, 5.41) is 4.64. The molecule has 2 aromatic heterocycles. The largest absolute Gasteiger partial charge is 0.344 e. The summed E-state index contributed by atoms with van der Waals surface area (Å²) in [7, 11) is 1.77. The maximum Gasteiger partial charge on any atom is 0.245 e. The van der Waals surface area contributed by atoms with Crippen LogP contribution in [0.15, 0.2) is 41.4 Å². The van der Waals surface area contributed by atoms with Gasteiger partial charge in [-0.25, -0.2) is 0 Å². The predicted molar refractivity (Wildman–Crippen MR) is 96.9 cm³/mol. The molecule has 1 amide bonds. The van der Waals surface area contributed by atoms with E-state index in [-0.39, 0.29) is 17.7 Å². The quantitative estimate of drug-likeness (QED) is 0.609. The average Bonchev–Trinajstić information content (AvgIpc) is 3.28. The normalized spacial score (nSPS) is 12.3. The number of nitrogens with zero attached hydrogens (tertiary/aromatic N) is 4. The number of ketones is 1. The predicted octanol–water partition coefficient (Wildman–Crippen LogP) is 2.88. The van der Waals surface area contributed by atoms with E-state index >= 15 is 0 Å². The van der Waals surface area contributed by atoms with E-state index in [9.17, 15) is 9.59 Å². The highest BCUT2D eigenvalue weighted by atomic mass is 16.5. The molecule has 2 heterocycles. The lowest BCUT2D eigenvalue weighted by atomic mass is 10.1. The smallest absolute Gasteiger partial charge is 0.245 e. The number of hydrogen-bond acceptors (Lipinski definition) is 5. The maximum absolute atomic E-state index is 13.0. The van der Waals surface area contributed by atoms with Crippen LogP contribution in [0, 0.1) is 0 Å². The molecule has 0 saturated carbocycles. The van der Waals surface area contributed by atoms with E-state index in [4.69, 9.17) is 4.52 Å². The van der Waals surface area contributed by atoms with E-state index < -0.39 is 0 Å². The number of carbonyl (C=O) groups is 2. The number of benzene rings is 1. The van der Waals surface area contributed by atoms with Crippen molar-refractivity contribution in [1.82, 2.24) is 19.6 Å². The first-order valence-electron chi connectivity index (χ1n) is 8.63. The van der Waals surface area contributed by atoms with Crippen molar-refractivity contribution in [1.29, 1.82) is 0 Å². The van der Waals surface area contributed by atoms with Crippen LogP contribution in [0.1, 0.15) is 42.5 Å². The lowest BCUT2D eigenvalue weighted by molar-refractivity contribution is -0.133. The van der Waals surface area contributed by atoms with E-state index in [0.717, 1.165) is 10.9 Å². The molecule has 1 atom stereocenters. The van der Waals surface area contributed by atoms with Crippen LogP contribution in [0.3, 0.4) is 0 Å². The summed E-state index contributed by atoms with van der Waals surface area (Å²) in [6.45, 7) is 4.01. The second-order valence-electron chi connectivity index (χ2n) is 6.30. The fourth-order valence-corrected chi connectivity index (χ4v) is 3.17. The molecule has 0 aliphatic rings. The van der Waals surface area contributed by atoms with Gasteiger partial charge in [0.1, 0.15) is 6.04 Å². The van der Waals surface area contributed by atoms with Gasteiger partial charge in [-0.3, -0.25) is 9.59 Å². The lowest BCUT2D eigenvalue weighted by Gasteiger charge is -2.24. The Morgan fingerprint density at radius 1 is 1.31 bits per heavy atom. The summed E-state index contributed by atoms with van der Waals surface area (Å²) < 4.78 is 6.63. The van der Waals surface area contributed by atoms with E-state index in [1.807, 2.05) is 35.8 Å². The summed E-state index contributed by atoms with van der Waals surface area (Å²) >= 11 is 0. The Bertz CT molecular complexity index is 914. The molecule has 7 heteroatoms. The minimum absolute atomic E-state index is 0.00675. The van der Waals surface area contributed by atoms with Crippen LogP contribution in [0.2, 0.25) is 0 Å². The number of hydrogen-bond donors (Lipinski definition) is 0. The zero-order chi connectivity index (χ0) is 18.7. The topological polar surface area (TPSA) is 81.2 Å². The van der Waals surface area contributed by atoms with Crippen LogP contribution in [0.25, 0.3) is 10.9 Å². The number of Topliss-reactive ketones (excluding diaryl/α,β-unsaturated/α-hetero) is 1. The monoisotopic (exact) mass is 354 g/mol. The van der Waals surface area contributed by atoms with Crippen LogP contribution in [0.4, 0.5) is 0 Å². The number of amides is 1. The fourth-order valence-electron chi connectivity index (χ4n) is 3.17. The Kier molecular flexibility index (Phi) is 5.16. The number of carbonyl (C=O) groups excluding carboxylic acids is 2. The lowest BCUT2D eigenvalue weighted by Crippen LogP contribution is -2.35. The molecule has 3 rings (SSSR count). The van der Waals surface area contributed by atoms with Crippen LogP contribution in [-0.2, 0) is 11.2 Å². The van der Waals surface area contributed by atoms with Crippen LogP contribution in [0.5, 0.6) is 0 Å². The molecular formula is C19H22N4O3. The van der Waals surface area contributed by atoms with Crippen LogP contribution >= 0.6 is 0 Å². The number of likely N-dealkylation sites (N-methyl/N-ethyl adjacent to an activating group) is 1. The number of fused-ring (bicyclic) bond motifs is 1. The Morgan fingerprint density at radius 3 is 2.73 bits per heavy atom. The van der Waals surface area contributed by atoms with E-state index in [2.05, 4.69) is 10.1 Å². The molecule has 0 aliphatic heterocycles. The SMILES string of the molecule is CC[C@H](C(=O)N(C)CCc1ncon1)n1cc(C(C)=O)c2ccccc21. The number of rotatable bonds is 7. The van der Waals surface area contributed by atoms with Crippen molar-refractivity contribution >= 4 is 22.6 Å². The van der Waals surface area contributed by atoms with Crippen molar-refractivity contribution in [2.24, 2.45) is 0 Å². The third kappa shape index (κ3) is 3.37. The van der Waals surface area contributed by atoms with Crippen LogP contribution < -0.4 is 0 Å². The zero-order valence-electron chi connectivity index (χ0n) is 15.2. The zero-order valence-corrected chi connectivity index (χ0v) is 15.2. The van der Waals surface area contributed by atoms with Gasteiger partial charge in [0.05, 0.1) is 0 Å². The van der Waals surface area contributed by atoms with Crippen molar-refractivity contribution < 1.29 is 14.1 Å². The fraction of sp³-hybridized carbons (Fsp3) is 0.368. The van der Waals surface area contributed by atoms with Gasteiger partial charge in [0, 0.05) is 42.7 Å². The molecule has 0 unspecified atom stereocenters. The second kappa shape index (κ2) is 7.51. The third-order valence-electron chi connectivity index (χ3n) is 4.58. The first-order chi connectivity index (χ1) is 12.5. The molecule has 0 fully saturated rings. The average molecular weight is 354 g/mol. The summed E-state index contributed by atoms with van der Waals surface area (Å²) in [6.07, 6.45) is 4.23. The van der Waals surface area contributed by atoms with E-state index in [0.29, 0.717) is 30.8 Å². The van der Waals surface area contributed by atoms with E-state index in [1.54, 1.807) is 25.1 Å². The highest BCUT2D eigenvalue weighted by molar-refractivity contribution is 6.07. The van der Waals surface area contributed by atoms with Crippen molar-refractivity contribution in [3.8, 4) is 0 Å². The second-order valence-corrected chi connectivity index (χ2v) is 6.30. The molecule has 7 nitrogen and oxygen atoms in total. The molecular weight excluding hydrogens is 332 g/mol. The summed E-state index contributed by atoms with van der Waals surface area (Å²) in [6, 6.07) is 7.30. The first-order valence-corrected chi connectivity index (χ1v) is 8.63. The molecule has 0 radical (unpaired) electrons. The number of para-hydroxylation sites is 1. The highest BCUT2D eigenvalue weighted by Crippen LogP contribution is 2.27. The Labute approximate surface area is 151 Å². The van der Waals surface area contributed by atoms with Crippen molar-refractivity contribution in [2.75, 3.05) is 13.6 Å². The number of aromatic nitrogens is 3. The minimum atomic E-state index is -0.372. The van der Waals surface area contributed by atoms with Gasteiger partial charge in [-0.15, -0.1) is 0 Å². The molecule has 0 bridgehead atoms. The van der Waals surface area contributed by atoms with Crippen molar-refractivity contribution in [2.45, 2.75) is 32.7 Å². The Balaban J connectivity index is 1.87. The van der Waals surface area contributed by atoms with Gasteiger partial charge in [-0.2, -0.15) is 4.98 Å². The molecule has 3 aromatic rings. The Morgan fingerprint density at radius 2 is 2.08 bits per heavy atom. The standard InChI is InChI=1S/C19H22N4O3/c1-4-16(19(25)22(3)10-9-18-20-12-26-21-18)23-11-15(13(2)24)14-7-5-6-8-17(14)23/h5-8,11-12,16H,4,9-10H2,1-3H3/t16-/m1/s1. The van der Waals surface area contributed by atoms with Gasteiger partial charge >= 0.3 is 0 Å². The molecule has 0 saturated heterocycles. The highest BCUT2D eigenvalue weighted by Gasteiger charge is 2.25.